The SMILES string of the molecule is CCCC(=O)N[C@@H](CCCN=C(N)N)C(=O)NCC(=O)N[C@@H](CCCN=C(N)N)C(=O)N[C@@H](CCCCN)C(=O)N[C@H](C(=O)N[C@H](C(=O)N[C@@H](CCCN=C(N)N)C(=O)N[C@@H](CCCN=C(N)N)C(=O)N[C@@H](CCCCN)C(=O)N[C@@H](CCCCN)C(=O)O)C(C)C)C(C)C. The van der Waals surface area contributed by atoms with Gasteiger partial charge in [0.2, 0.25) is 59.1 Å². The normalized spacial score (nSPS) is 13.8. The van der Waals surface area contributed by atoms with E-state index in [2.05, 4.69) is 73.1 Å². The van der Waals surface area contributed by atoms with Crippen LogP contribution in [0.1, 0.15) is 157 Å². The van der Waals surface area contributed by atoms with Crippen molar-refractivity contribution in [1.82, 2.24) is 53.2 Å². The minimum atomic E-state index is -1.43. The van der Waals surface area contributed by atoms with E-state index in [0.717, 1.165) is 0 Å². The Balaban J connectivity index is 7.03. The van der Waals surface area contributed by atoms with Crippen molar-refractivity contribution in [3.05, 3.63) is 0 Å². The maximum atomic E-state index is 14.5. The average molecular weight is 1350 g/mol. The van der Waals surface area contributed by atoms with E-state index in [1.807, 2.05) is 0 Å². The molecule has 0 aliphatic rings. The van der Waals surface area contributed by atoms with Crippen LogP contribution in [0.15, 0.2) is 20.0 Å². The van der Waals surface area contributed by atoms with Gasteiger partial charge in [0.15, 0.2) is 23.8 Å². The predicted octanol–water partition coefficient (Wildman–Crippen LogP) is -6.74. The maximum absolute atomic E-state index is 14.5. The number of nitrogens with zero attached hydrogens (tertiary/aromatic N) is 4. The molecule has 542 valence electrons. The van der Waals surface area contributed by atoms with Crippen LogP contribution in [-0.2, 0) is 52.7 Å². The van der Waals surface area contributed by atoms with Gasteiger partial charge in [-0.2, -0.15) is 0 Å². The molecule has 0 unspecified atom stereocenters. The molecule has 33 N–H and O–H groups in total. The molecule has 37 heteroatoms. The van der Waals surface area contributed by atoms with Crippen molar-refractivity contribution in [2.75, 3.05) is 52.4 Å². The van der Waals surface area contributed by atoms with Crippen molar-refractivity contribution in [3.8, 4) is 0 Å². The number of rotatable bonds is 52. The summed E-state index contributed by atoms with van der Waals surface area (Å²) in [5, 5.41) is 36.2. The second kappa shape index (κ2) is 49.7. The minimum Gasteiger partial charge on any atom is -0.480 e. The molecule has 9 atom stereocenters. The Morgan fingerprint density at radius 1 is 0.337 bits per heavy atom. The zero-order valence-electron chi connectivity index (χ0n) is 56.0. The van der Waals surface area contributed by atoms with Crippen molar-refractivity contribution in [2.45, 2.75) is 211 Å². The number of unbranched alkanes of at least 4 members (excludes halogenated alkanes) is 3. The van der Waals surface area contributed by atoms with E-state index in [-0.39, 0.29) is 134 Å². The van der Waals surface area contributed by atoms with Gasteiger partial charge in [-0.05, 0) is 147 Å². The van der Waals surface area contributed by atoms with Gasteiger partial charge in [0, 0.05) is 32.6 Å². The molecule has 0 radical (unpaired) electrons. The Labute approximate surface area is 556 Å². The van der Waals surface area contributed by atoms with E-state index in [0.29, 0.717) is 57.9 Å². The first kappa shape index (κ1) is 86.1. The highest BCUT2D eigenvalue weighted by Gasteiger charge is 2.37. The number of carboxylic acids is 1. The number of guanidine groups is 4. The number of carboxylic acid groups (broad SMARTS) is 1. The Hall–Kier alpha value is -8.87. The lowest BCUT2D eigenvalue weighted by atomic mass is 9.98. The first-order valence-electron chi connectivity index (χ1n) is 32.5. The summed E-state index contributed by atoms with van der Waals surface area (Å²) in [5.74, 6) is -11.2. The fourth-order valence-electron chi connectivity index (χ4n) is 9.31. The second-order valence-corrected chi connectivity index (χ2v) is 23.5. The van der Waals surface area contributed by atoms with Gasteiger partial charge in [0.05, 0.1) is 6.54 Å². The smallest absolute Gasteiger partial charge is 0.326 e. The summed E-state index contributed by atoms with van der Waals surface area (Å²) in [6, 6.07) is -11.8. The Morgan fingerprint density at radius 2 is 0.600 bits per heavy atom. The number of hydrogen-bond acceptors (Lipinski definition) is 18. The fraction of sp³-hybridized carbons (Fsp3) is 0.741. The topological polar surface area (TPSA) is 664 Å². The van der Waals surface area contributed by atoms with Gasteiger partial charge in [0.1, 0.15) is 54.4 Å². The zero-order chi connectivity index (χ0) is 72.0. The van der Waals surface area contributed by atoms with Crippen molar-refractivity contribution in [2.24, 2.45) is 94.9 Å². The average Bonchev–Trinajstić information content (AvgIpc) is 0.935. The quantitative estimate of drug-likeness (QED) is 0.0153. The van der Waals surface area contributed by atoms with Gasteiger partial charge >= 0.3 is 5.97 Å². The number of aliphatic carboxylic acids is 1. The van der Waals surface area contributed by atoms with Crippen LogP contribution < -0.4 is 116 Å². The van der Waals surface area contributed by atoms with Gasteiger partial charge in [0.25, 0.3) is 0 Å². The molecule has 0 aliphatic heterocycles. The first-order chi connectivity index (χ1) is 44.9. The molecule has 0 aromatic heterocycles. The van der Waals surface area contributed by atoms with Crippen LogP contribution in [0.3, 0.4) is 0 Å². The van der Waals surface area contributed by atoms with Crippen LogP contribution in [0, 0.1) is 11.8 Å². The summed E-state index contributed by atoms with van der Waals surface area (Å²) < 4.78 is 0. The van der Waals surface area contributed by atoms with E-state index < -0.39 is 138 Å². The third-order valence-corrected chi connectivity index (χ3v) is 14.5. The standard InChI is InChI=1S/C58H113N25O12/c1-6-17-42(84)75-35(21-13-28-70-55(62)63)46(86)74-32-43(85)76-36(22-14-29-71-56(64)65)47(87)78-38(19-8-11-26-60)51(91)82-45(34(4)5)53(93)83-44(33(2)3)52(92)80-40(24-16-31-73-58(68)69)49(89)79-39(23-15-30-72-57(66)67)48(88)77-37(18-7-10-25-59)50(90)81-41(54(94)95)20-9-12-27-61/h33-41,44-45H,6-32,59-61H2,1-5H3,(H,74,86)(H,75,84)(H,76,85)(H,77,88)(H,78,87)(H,79,89)(H,80,92)(H,81,90)(H,82,91)(H,83,93)(H,94,95)(H4,62,63,70)(H4,64,65,71)(H4,66,67,72)(H4,68,69,73)/t35-,36-,37-,38-,39-,40-,41-,44-,45-/m0/s1. The third kappa shape index (κ3) is 39.4. The Morgan fingerprint density at radius 3 is 0.916 bits per heavy atom. The molecule has 0 spiro atoms. The fourth-order valence-corrected chi connectivity index (χ4v) is 9.31. The van der Waals surface area contributed by atoms with Gasteiger partial charge in [-0.15, -0.1) is 0 Å². The molecule has 0 aliphatic carbocycles. The van der Waals surface area contributed by atoms with Crippen molar-refractivity contribution in [1.29, 1.82) is 0 Å². The monoisotopic (exact) mass is 1350 g/mol. The van der Waals surface area contributed by atoms with E-state index in [9.17, 15) is 57.8 Å². The molecular formula is C58H113N25O12. The van der Waals surface area contributed by atoms with Crippen molar-refractivity contribution < 1.29 is 57.8 Å². The molecule has 0 saturated carbocycles. The van der Waals surface area contributed by atoms with Crippen LogP contribution in [0.4, 0.5) is 0 Å². The molecule has 0 fully saturated rings. The highest BCUT2D eigenvalue weighted by molar-refractivity contribution is 5.98. The number of hydrogen-bond donors (Lipinski definition) is 22. The van der Waals surface area contributed by atoms with Crippen molar-refractivity contribution in [3.63, 3.8) is 0 Å². The van der Waals surface area contributed by atoms with E-state index >= 15 is 0 Å². The highest BCUT2D eigenvalue weighted by atomic mass is 16.4. The lowest BCUT2D eigenvalue weighted by Crippen LogP contribution is -2.61. The number of amides is 10. The van der Waals surface area contributed by atoms with Crippen LogP contribution in [0.2, 0.25) is 0 Å². The minimum absolute atomic E-state index is 0.00337. The molecular weight excluding hydrogens is 1240 g/mol. The highest BCUT2D eigenvalue weighted by Crippen LogP contribution is 2.13. The maximum Gasteiger partial charge on any atom is 0.326 e. The molecule has 10 amide bonds. The lowest BCUT2D eigenvalue weighted by molar-refractivity contribution is -0.142. The summed E-state index contributed by atoms with van der Waals surface area (Å²) in [5.41, 5.74) is 61.2. The third-order valence-electron chi connectivity index (χ3n) is 14.5. The molecule has 0 saturated heterocycles. The number of carbonyl (C=O) groups is 11. The summed E-state index contributed by atoms with van der Waals surface area (Å²) in [6.45, 7) is 8.67. The van der Waals surface area contributed by atoms with E-state index in [1.165, 1.54) is 0 Å². The largest absolute Gasteiger partial charge is 0.480 e. The summed E-state index contributed by atoms with van der Waals surface area (Å²) in [6.07, 6.45) is 3.77. The Kier molecular flexibility index (Phi) is 45.0. The first-order valence-corrected chi connectivity index (χ1v) is 32.5. The van der Waals surface area contributed by atoms with Crippen LogP contribution in [0.25, 0.3) is 0 Å². The molecule has 0 bridgehead atoms. The van der Waals surface area contributed by atoms with Gasteiger partial charge in [-0.3, -0.25) is 67.9 Å². The molecule has 95 heavy (non-hydrogen) atoms. The predicted molar refractivity (Wildman–Crippen MR) is 361 cm³/mol. The van der Waals surface area contributed by atoms with E-state index in [4.69, 9.17) is 63.1 Å². The summed E-state index contributed by atoms with van der Waals surface area (Å²) >= 11 is 0. The number of nitrogens with two attached hydrogens (primary N) is 11. The van der Waals surface area contributed by atoms with Crippen LogP contribution >= 0.6 is 0 Å². The molecule has 0 rings (SSSR count). The Bertz CT molecular complexity index is 2520. The van der Waals surface area contributed by atoms with Gasteiger partial charge < -0.3 is 121 Å². The number of aliphatic imine (C=N–C) groups is 4. The second-order valence-electron chi connectivity index (χ2n) is 23.5. The molecule has 0 heterocycles. The molecule has 0 aromatic carbocycles. The van der Waals surface area contributed by atoms with Gasteiger partial charge in [-0.1, -0.05) is 34.6 Å². The molecule has 0 aromatic rings. The number of nitrogens with one attached hydrogen (secondary N) is 10. The summed E-state index contributed by atoms with van der Waals surface area (Å²) in [7, 11) is 0. The summed E-state index contributed by atoms with van der Waals surface area (Å²) in [4.78, 5) is 167. The van der Waals surface area contributed by atoms with Crippen molar-refractivity contribution >= 4 is 88.9 Å². The van der Waals surface area contributed by atoms with Crippen LogP contribution in [-0.4, -0.2) is 201 Å². The number of carbonyl (C=O) groups excluding carboxylic acids is 10. The van der Waals surface area contributed by atoms with Crippen LogP contribution in [0.5, 0.6) is 0 Å². The van der Waals surface area contributed by atoms with Gasteiger partial charge in [-0.25, -0.2) is 4.79 Å². The molecule has 37 nitrogen and oxygen atoms in total. The zero-order valence-corrected chi connectivity index (χ0v) is 56.0. The van der Waals surface area contributed by atoms with E-state index in [1.54, 1.807) is 34.6 Å². The lowest BCUT2D eigenvalue weighted by Gasteiger charge is -2.30.